The molecule has 5 heteroatoms. The molecular formula is C21H20ClN3O. The number of carbonyl (C=O) groups is 1. The Hall–Kier alpha value is -2.43. The van der Waals surface area contributed by atoms with Crippen LogP contribution >= 0.6 is 11.6 Å². The number of amides is 1. The quantitative estimate of drug-likeness (QED) is 0.690. The van der Waals surface area contributed by atoms with E-state index >= 15 is 0 Å². The zero-order valence-corrected chi connectivity index (χ0v) is 15.4. The number of fused-ring (bicyclic) bond motifs is 1. The maximum Gasteiger partial charge on any atom is 0.253 e. The van der Waals surface area contributed by atoms with Crippen LogP contribution in [0.25, 0.3) is 22.0 Å². The first-order chi connectivity index (χ1) is 12.6. The van der Waals surface area contributed by atoms with Crippen LogP contribution in [0.1, 0.15) is 10.4 Å². The molecule has 0 radical (unpaired) electrons. The maximum atomic E-state index is 12.7. The minimum atomic E-state index is 0.107. The van der Waals surface area contributed by atoms with Crippen molar-refractivity contribution in [2.75, 3.05) is 33.2 Å². The van der Waals surface area contributed by atoms with E-state index in [0.29, 0.717) is 5.02 Å². The smallest absolute Gasteiger partial charge is 0.253 e. The molecule has 0 unspecified atom stereocenters. The number of halogens is 1. The molecular weight excluding hydrogens is 346 g/mol. The zero-order valence-electron chi connectivity index (χ0n) is 14.7. The number of hydrogen-bond acceptors (Lipinski definition) is 3. The van der Waals surface area contributed by atoms with Gasteiger partial charge in [-0.3, -0.25) is 9.78 Å². The molecule has 1 aromatic heterocycles. The average molecular weight is 366 g/mol. The Bertz CT molecular complexity index is 947. The molecule has 1 amide bonds. The lowest BCUT2D eigenvalue weighted by molar-refractivity contribution is 0.0664. The minimum Gasteiger partial charge on any atom is -0.336 e. The van der Waals surface area contributed by atoms with Gasteiger partial charge in [0.25, 0.3) is 5.91 Å². The summed E-state index contributed by atoms with van der Waals surface area (Å²) in [5, 5.41) is 1.63. The summed E-state index contributed by atoms with van der Waals surface area (Å²) in [6, 6.07) is 15.6. The standard InChI is InChI=1S/C21H20ClN3O/c1-24-10-12-25(13-11-24)21(26)16-4-2-15(3-5-16)17-6-7-20-18(14-17)19(22)8-9-23-20/h2-9,14H,10-13H2,1H3. The van der Waals surface area contributed by atoms with Gasteiger partial charge < -0.3 is 9.80 Å². The number of hydrogen-bond donors (Lipinski definition) is 0. The molecule has 0 aliphatic carbocycles. The lowest BCUT2D eigenvalue weighted by Crippen LogP contribution is -2.47. The minimum absolute atomic E-state index is 0.107. The van der Waals surface area contributed by atoms with E-state index in [1.54, 1.807) is 12.3 Å². The fraction of sp³-hybridized carbons (Fsp3) is 0.238. The highest BCUT2D eigenvalue weighted by atomic mass is 35.5. The fourth-order valence-electron chi connectivity index (χ4n) is 3.29. The molecule has 4 rings (SSSR count). The molecule has 2 aromatic carbocycles. The summed E-state index contributed by atoms with van der Waals surface area (Å²) in [4.78, 5) is 21.2. The van der Waals surface area contributed by atoms with Gasteiger partial charge >= 0.3 is 0 Å². The third-order valence-corrected chi connectivity index (χ3v) is 5.27. The van der Waals surface area contributed by atoms with Crippen molar-refractivity contribution >= 4 is 28.4 Å². The van der Waals surface area contributed by atoms with Gasteiger partial charge in [0.15, 0.2) is 0 Å². The zero-order chi connectivity index (χ0) is 18.1. The number of piperazine rings is 1. The molecule has 2 heterocycles. The van der Waals surface area contributed by atoms with E-state index < -0.39 is 0 Å². The number of benzene rings is 2. The van der Waals surface area contributed by atoms with E-state index in [2.05, 4.69) is 16.9 Å². The third kappa shape index (κ3) is 3.30. The Morgan fingerprint density at radius 2 is 1.65 bits per heavy atom. The van der Waals surface area contributed by atoms with Crippen LogP contribution < -0.4 is 0 Å². The molecule has 132 valence electrons. The normalized spacial score (nSPS) is 15.4. The molecule has 26 heavy (non-hydrogen) atoms. The second kappa shape index (κ2) is 7.06. The van der Waals surface area contributed by atoms with E-state index in [1.807, 2.05) is 47.4 Å². The van der Waals surface area contributed by atoms with Crippen LogP contribution in [0.5, 0.6) is 0 Å². The summed E-state index contributed by atoms with van der Waals surface area (Å²) in [6.07, 6.45) is 1.71. The Morgan fingerprint density at radius 3 is 2.38 bits per heavy atom. The van der Waals surface area contributed by atoms with Crippen molar-refractivity contribution in [2.24, 2.45) is 0 Å². The highest BCUT2D eigenvalue weighted by Crippen LogP contribution is 2.28. The Kier molecular flexibility index (Phi) is 4.62. The summed E-state index contributed by atoms with van der Waals surface area (Å²) in [6.45, 7) is 3.42. The predicted molar refractivity (Wildman–Crippen MR) is 106 cm³/mol. The number of likely N-dealkylation sites (N-methyl/N-ethyl adjacent to an activating group) is 1. The van der Waals surface area contributed by atoms with Crippen LogP contribution in [0, 0.1) is 0 Å². The molecule has 0 bridgehead atoms. The van der Waals surface area contributed by atoms with E-state index in [1.165, 1.54) is 0 Å². The predicted octanol–water partition coefficient (Wildman–Crippen LogP) is 3.94. The molecule has 4 nitrogen and oxygen atoms in total. The third-order valence-electron chi connectivity index (χ3n) is 4.94. The summed E-state index contributed by atoms with van der Waals surface area (Å²) >= 11 is 6.29. The SMILES string of the molecule is CN1CCN(C(=O)c2ccc(-c3ccc4nccc(Cl)c4c3)cc2)CC1. The molecule has 3 aromatic rings. The van der Waals surface area contributed by atoms with Crippen LogP contribution in [0.2, 0.25) is 5.02 Å². The molecule has 0 N–H and O–H groups in total. The summed E-state index contributed by atoms with van der Waals surface area (Å²) in [7, 11) is 2.09. The van der Waals surface area contributed by atoms with E-state index in [4.69, 9.17) is 11.6 Å². The number of rotatable bonds is 2. The Morgan fingerprint density at radius 1 is 0.962 bits per heavy atom. The monoisotopic (exact) mass is 365 g/mol. The van der Waals surface area contributed by atoms with Gasteiger partial charge in [0.2, 0.25) is 0 Å². The van der Waals surface area contributed by atoms with E-state index in [0.717, 1.165) is 53.8 Å². The van der Waals surface area contributed by atoms with Crippen molar-refractivity contribution < 1.29 is 4.79 Å². The summed E-state index contributed by atoms with van der Waals surface area (Å²) in [5.74, 6) is 0.107. The fourth-order valence-corrected chi connectivity index (χ4v) is 3.50. The van der Waals surface area contributed by atoms with Gasteiger partial charge in [-0.05, 0) is 48.5 Å². The van der Waals surface area contributed by atoms with Gasteiger partial charge in [0, 0.05) is 43.3 Å². The molecule has 0 spiro atoms. The first kappa shape index (κ1) is 17.0. The molecule has 1 saturated heterocycles. The number of carbonyl (C=O) groups excluding carboxylic acids is 1. The van der Waals surface area contributed by atoms with E-state index in [9.17, 15) is 4.79 Å². The van der Waals surface area contributed by atoms with E-state index in [-0.39, 0.29) is 5.91 Å². The van der Waals surface area contributed by atoms with Crippen molar-refractivity contribution in [3.8, 4) is 11.1 Å². The molecule has 1 aliphatic heterocycles. The number of nitrogens with zero attached hydrogens (tertiary/aromatic N) is 3. The van der Waals surface area contributed by atoms with Crippen molar-refractivity contribution in [1.82, 2.24) is 14.8 Å². The van der Waals surface area contributed by atoms with Gasteiger partial charge in [-0.25, -0.2) is 0 Å². The lowest BCUT2D eigenvalue weighted by Gasteiger charge is -2.32. The van der Waals surface area contributed by atoms with Crippen molar-refractivity contribution in [1.29, 1.82) is 0 Å². The van der Waals surface area contributed by atoms with Gasteiger partial charge in [-0.1, -0.05) is 29.8 Å². The van der Waals surface area contributed by atoms with Crippen LogP contribution in [-0.2, 0) is 0 Å². The Labute approximate surface area is 158 Å². The van der Waals surface area contributed by atoms with Crippen LogP contribution in [-0.4, -0.2) is 53.9 Å². The molecule has 1 fully saturated rings. The van der Waals surface area contributed by atoms with Gasteiger partial charge in [-0.2, -0.15) is 0 Å². The first-order valence-corrected chi connectivity index (χ1v) is 9.12. The van der Waals surface area contributed by atoms with Gasteiger partial charge in [0.1, 0.15) is 0 Å². The summed E-state index contributed by atoms with van der Waals surface area (Å²) < 4.78 is 0. The topological polar surface area (TPSA) is 36.4 Å². The average Bonchev–Trinajstić information content (AvgIpc) is 2.68. The highest BCUT2D eigenvalue weighted by molar-refractivity contribution is 6.35. The first-order valence-electron chi connectivity index (χ1n) is 8.74. The van der Waals surface area contributed by atoms with Crippen molar-refractivity contribution in [2.45, 2.75) is 0 Å². The summed E-state index contributed by atoms with van der Waals surface area (Å²) in [5.41, 5.74) is 3.73. The number of pyridine rings is 1. The van der Waals surface area contributed by atoms with Gasteiger partial charge in [0.05, 0.1) is 10.5 Å². The Balaban J connectivity index is 1.58. The molecule has 1 aliphatic rings. The molecule has 0 atom stereocenters. The second-order valence-electron chi connectivity index (χ2n) is 6.70. The van der Waals surface area contributed by atoms with Crippen molar-refractivity contribution in [3.63, 3.8) is 0 Å². The van der Waals surface area contributed by atoms with Crippen LogP contribution in [0.3, 0.4) is 0 Å². The lowest BCUT2D eigenvalue weighted by atomic mass is 10.0. The maximum absolute atomic E-state index is 12.7. The van der Waals surface area contributed by atoms with Gasteiger partial charge in [-0.15, -0.1) is 0 Å². The largest absolute Gasteiger partial charge is 0.336 e. The number of aromatic nitrogens is 1. The highest BCUT2D eigenvalue weighted by Gasteiger charge is 2.20. The second-order valence-corrected chi connectivity index (χ2v) is 7.10. The molecule has 0 saturated carbocycles. The van der Waals surface area contributed by atoms with Crippen molar-refractivity contribution in [3.05, 3.63) is 65.3 Å². The van der Waals surface area contributed by atoms with Crippen LogP contribution in [0.4, 0.5) is 0 Å². The van der Waals surface area contributed by atoms with Crippen LogP contribution in [0.15, 0.2) is 54.7 Å².